The lowest BCUT2D eigenvalue weighted by Gasteiger charge is -2.25. The summed E-state index contributed by atoms with van der Waals surface area (Å²) in [6.45, 7) is 0.778. The molecule has 2 heterocycles. The number of pyridine rings is 1. The van der Waals surface area contributed by atoms with Crippen molar-refractivity contribution in [1.82, 2.24) is 9.88 Å². The summed E-state index contributed by atoms with van der Waals surface area (Å²) < 4.78 is 13.1. The molecular weight excluding hydrogens is 351 g/mol. The first-order valence-corrected chi connectivity index (χ1v) is 9.73. The van der Waals surface area contributed by atoms with E-state index in [4.69, 9.17) is 4.98 Å². The van der Waals surface area contributed by atoms with Crippen LogP contribution in [0.2, 0.25) is 0 Å². The molecule has 1 atom stereocenters. The summed E-state index contributed by atoms with van der Waals surface area (Å²) in [5.74, 6) is -0.0802. The van der Waals surface area contributed by atoms with Crippen LogP contribution in [-0.4, -0.2) is 22.3 Å². The van der Waals surface area contributed by atoms with Gasteiger partial charge < -0.3 is 4.90 Å². The molecule has 142 valence electrons. The topological polar surface area (TPSA) is 33.2 Å². The highest BCUT2D eigenvalue weighted by molar-refractivity contribution is 5.79. The van der Waals surface area contributed by atoms with Gasteiger partial charge in [0.2, 0.25) is 5.91 Å². The van der Waals surface area contributed by atoms with E-state index in [1.165, 1.54) is 12.1 Å². The minimum atomic E-state index is -0.232. The van der Waals surface area contributed by atoms with E-state index >= 15 is 0 Å². The fourth-order valence-corrected chi connectivity index (χ4v) is 3.84. The van der Waals surface area contributed by atoms with Gasteiger partial charge in [0, 0.05) is 18.7 Å². The molecule has 0 N–H and O–H groups in total. The van der Waals surface area contributed by atoms with Gasteiger partial charge in [-0.05, 0) is 48.2 Å². The number of likely N-dealkylation sites (tertiary alicyclic amines) is 1. The first kappa shape index (κ1) is 18.4. The quantitative estimate of drug-likeness (QED) is 0.648. The van der Waals surface area contributed by atoms with Crippen molar-refractivity contribution in [2.24, 2.45) is 0 Å². The van der Waals surface area contributed by atoms with E-state index in [1.807, 2.05) is 53.4 Å². The first-order chi connectivity index (χ1) is 13.7. The third kappa shape index (κ3) is 4.28. The van der Waals surface area contributed by atoms with Gasteiger partial charge in [-0.3, -0.25) is 9.78 Å². The fraction of sp³-hybridized carbons (Fsp3) is 0.250. The monoisotopic (exact) mass is 374 g/mol. The minimum Gasteiger partial charge on any atom is -0.334 e. The molecule has 0 saturated carbocycles. The van der Waals surface area contributed by atoms with Crippen LogP contribution in [0.5, 0.6) is 0 Å². The molecule has 1 aliphatic rings. The average molecular weight is 374 g/mol. The van der Waals surface area contributed by atoms with Gasteiger partial charge in [-0.15, -0.1) is 0 Å². The number of carbonyl (C=O) groups is 1. The van der Waals surface area contributed by atoms with Crippen molar-refractivity contribution in [3.8, 4) is 0 Å². The zero-order chi connectivity index (χ0) is 19.3. The second kappa shape index (κ2) is 8.34. The molecule has 3 aromatic rings. The van der Waals surface area contributed by atoms with Crippen LogP contribution < -0.4 is 0 Å². The molecule has 0 radical (unpaired) electrons. The van der Waals surface area contributed by atoms with Crippen molar-refractivity contribution in [3.63, 3.8) is 0 Å². The van der Waals surface area contributed by atoms with Crippen molar-refractivity contribution in [3.05, 3.63) is 101 Å². The molecule has 4 heteroatoms. The lowest BCUT2D eigenvalue weighted by Crippen LogP contribution is -2.32. The van der Waals surface area contributed by atoms with Crippen molar-refractivity contribution in [2.45, 2.75) is 31.7 Å². The number of halogens is 1. The number of benzene rings is 2. The van der Waals surface area contributed by atoms with E-state index in [0.29, 0.717) is 12.8 Å². The zero-order valence-electron chi connectivity index (χ0n) is 15.7. The lowest BCUT2D eigenvalue weighted by molar-refractivity contribution is -0.131. The summed E-state index contributed by atoms with van der Waals surface area (Å²) in [6.07, 6.45) is 3.01. The van der Waals surface area contributed by atoms with Crippen LogP contribution in [0.15, 0.2) is 72.8 Å². The Morgan fingerprint density at radius 2 is 1.75 bits per heavy atom. The van der Waals surface area contributed by atoms with E-state index in [9.17, 15) is 9.18 Å². The number of nitrogens with zero attached hydrogens (tertiary/aromatic N) is 2. The van der Waals surface area contributed by atoms with Gasteiger partial charge in [-0.2, -0.15) is 0 Å². The number of aromatic nitrogens is 1. The molecule has 3 nitrogen and oxygen atoms in total. The van der Waals surface area contributed by atoms with Crippen LogP contribution in [0, 0.1) is 5.82 Å². The Bertz CT molecular complexity index is 940. The molecule has 1 amide bonds. The van der Waals surface area contributed by atoms with Crippen molar-refractivity contribution >= 4 is 5.91 Å². The molecule has 0 spiro atoms. The van der Waals surface area contributed by atoms with Gasteiger partial charge in [0.1, 0.15) is 5.82 Å². The van der Waals surface area contributed by atoms with Gasteiger partial charge >= 0.3 is 0 Å². The van der Waals surface area contributed by atoms with Crippen LogP contribution in [0.4, 0.5) is 4.39 Å². The summed E-state index contributed by atoms with van der Waals surface area (Å²) in [7, 11) is 0. The van der Waals surface area contributed by atoms with Crippen LogP contribution in [0.25, 0.3) is 0 Å². The predicted octanol–water partition coefficient (Wildman–Crippen LogP) is 4.72. The Labute approximate surface area is 164 Å². The van der Waals surface area contributed by atoms with Crippen molar-refractivity contribution in [2.75, 3.05) is 6.54 Å². The minimum absolute atomic E-state index is 0.0318. The smallest absolute Gasteiger partial charge is 0.227 e. The number of hydrogen-bond donors (Lipinski definition) is 0. The maximum Gasteiger partial charge on any atom is 0.227 e. The number of hydrogen-bond acceptors (Lipinski definition) is 2. The maximum atomic E-state index is 13.1. The maximum absolute atomic E-state index is 13.1. The van der Waals surface area contributed by atoms with Gasteiger partial charge in [0.05, 0.1) is 18.2 Å². The molecule has 0 aliphatic carbocycles. The van der Waals surface area contributed by atoms with Crippen molar-refractivity contribution < 1.29 is 9.18 Å². The third-order valence-corrected chi connectivity index (χ3v) is 5.24. The summed E-state index contributed by atoms with van der Waals surface area (Å²) in [6, 6.07) is 22.4. The highest BCUT2D eigenvalue weighted by atomic mass is 19.1. The average Bonchev–Trinajstić information content (AvgIpc) is 3.21. The highest BCUT2D eigenvalue weighted by Gasteiger charge is 2.30. The molecule has 1 aromatic heterocycles. The Balaban J connectivity index is 1.49. The van der Waals surface area contributed by atoms with Gasteiger partial charge in [-0.1, -0.05) is 48.5 Å². The van der Waals surface area contributed by atoms with Crippen LogP contribution in [0.3, 0.4) is 0 Å². The molecule has 1 fully saturated rings. The molecule has 0 bridgehead atoms. The van der Waals surface area contributed by atoms with E-state index in [2.05, 4.69) is 0 Å². The second-order valence-corrected chi connectivity index (χ2v) is 7.26. The lowest BCUT2D eigenvalue weighted by atomic mass is 10.1. The molecular formula is C24H23FN2O. The molecule has 1 unspecified atom stereocenters. The Hall–Kier alpha value is -3.01. The SMILES string of the molecule is O=C(Cc1ccccc1)N1CCCC1c1cccc(Cc2ccc(F)cc2)n1. The van der Waals surface area contributed by atoms with E-state index in [1.54, 1.807) is 12.1 Å². The summed E-state index contributed by atoms with van der Waals surface area (Å²) in [5.41, 5.74) is 3.94. The fourth-order valence-electron chi connectivity index (χ4n) is 3.84. The van der Waals surface area contributed by atoms with Crippen molar-refractivity contribution in [1.29, 1.82) is 0 Å². The summed E-state index contributed by atoms with van der Waals surface area (Å²) >= 11 is 0. The molecule has 4 rings (SSSR count). The normalized spacial score (nSPS) is 16.3. The van der Waals surface area contributed by atoms with Crippen LogP contribution in [-0.2, 0) is 17.6 Å². The largest absolute Gasteiger partial charge is 0.334 e. The summed E-state index contributed by atoms with van der Waals surface area (Å²) in [5, 5.41) is 0. The number of rotatable bonds is 5. The Kier molecular flexibility index (Phi) is 5.47. The van der Waals surface area contributed by atoms with Crippen LogP contribution in [0.1, 0.15) is 41.4 Å². The standard InChI is InChI=1S/C24H23FN2O/c25-20-13-11-19(12-14-20)16-21-8-4-9-22(26-21)23-10-5-15-27(23)24(28)17-18-6-2-1-3-7-18/h1-4,6-9,11-14,23H,5,10,15-17H2. The van der Waals surface area contributed by atoms with E-state index in [-0.39, 0.29) is 17.8 Å². The number of carbonyl (C=O) groups excluding carboxylic acids is 1. The second-order valence-electron chi connectivity index (χ2n) is 7.26. The molecule has 1 saturated heterocycles. The van der Waals surface area contributed by atoms with Gasteiger partial charge in [0.25, 0.3) is 0 Å². The number of amides is 1. The molecule has 28 heavy (non-hydrogen) atoms. The highest BCUT2D eigenvalue weighted by Crippen LogP contribution is 2.31. The van der Waals surface area contributed by atoms with Gasteiger partial charge in [0.15, 0.2) is 0 Å². The van der Waals surface area contributed by atoms with E-state index in [0.717, 1.165) is 41.9 Å². The summed E-state index contributed by atoms with van der Waals surface area (Å²) in [4.78, 5) is 19.7. The van der Waals surface area contributed by atoms with Crippen LogP contribution >= 0.6 is 0 Å². The Morgan fingerprint density at radius 1 is 0.964 bits per heavy atom. The van der Waals surface area contributed by atoms with Gasteiger partial charge in [-0.25, -0.2) is 4.39 Å². The molecule has 2 aromatic carbocycles. The first-order valence-electron chi connectivity index (χ1n) is 9.73. The predicted molar refractivity (Wildman–Crippen MR) is 107 cm³/mol. The third-order valence-electron chi connectivity index (χ3n) is 5.24. The molecule has 1 aliphatic heterocycles. The zero-order valence-corrected chi connectivity index (χ0v) is 15.7. The van der Waals surface area contributed by atoms with E-state index < -0.39 is 0 Å². The Morgan fingerprint density at radius 3 is 2.54 bits per heavy atom.